The lowest BCUT2D eigenvalue weighted by molar-refractivity contribution is -0.385. The molecule has 1 N–H and O–H groups in total. The third kappa shape index (κ3) is 5.22. The number of amides is 1. The minimum absolute atomic E-state index is 0.0276. The van der Waals surface area contributed by atoms with E-state index in [9.17, 15) is 28.1 Å². The lowest BCUT2D eigenvalue weighted by Crippen LogP contribution is -2.28. The predicted octanol–water partition coefficient (Wildman–Crippen LogP) is 4.44. The number of benzene rings is 2. The van der Waals surface area contributed by atoms with Gasteiger partial charge in [0.2, 0.25) is 0 Å². The Kier molecular flexibility index (Phi) is 7.30. The second kappa shape index (κ2) is 10.00. The number of hydrogen-bond donors (Lipinski definition) is 1. The molecule has 0 aliphatic carbocycles. The molecule has 180 valence electrons. The van der Waals surface area contributed by atoms with Crippen LogP contribution in [0.2, 0.25) is 5.02 Å². The molecule has 1 aromatic heterocycles. The summed E-state index contributed by atoms with van der Waals surface area (Å²) >= 11 is 5.87. The highest BCUT2D eigenvalue weighted by Gasteiger charge is 2.40. The third-order valence-electron chi connectivity index (χ3n) is 4.80. The lowest BCUT2D eigenvalue weighted by atomic mass is 10.1. The molecule has 0 radical (unpaired) electrons. The van der Waals surface area contributed by atoms with E-state index in [-0.39, 0.29) is 46.4 Å². The SMILES string of the molecule is COc1cc(CCNC(=O)c2cnn(-c3cccc(Cl)c3)c2C(F)(F)F)c([N+](=O)[O-])cc1OC. The maximum Gasteiger partial charge on any atom is 0.434 e. The molecule has 2 aromatic carbocycles. The van der Waals surface area contributed by atoms with Gasteiger partial charge in [0.15, 0.2) is 17.2 Å². The van der Waals surface area contributed by atoms with Crippen molar-refractivity contribution in [2.75, 3.05) is 20.8 Å². The molecule has 0 bridgehead atoms. The van der Waals surface area contributed by atoms with E-state index in [1.165, 1.54) is 50.6 Å². The maximum atomic E-state index is 13.8. The van der Waals surface area contributed by atoms with Crippen LogP contribution in [0.1, 0.15) is 21.6 Å². The van der Waals surface area contributed by atoms with Gasteiger partial charge in [-0.1, -0.05) is 17.7 Å². The van der Waals surface area contributed by atoms with Crippen LogP contribution in [-0.2, 0) is 12.6 Å². The van der Waals surface area contributed by atoms with E-state index in [0.717, 1.165) is 6.20 Å². The number of nitro groups is 1. The molecule has 3 rings (SSSR count). The number of rotatable bonds is 8. The van der Waals surface area contributed by atoms with Crippen LogP contribution >= 0.6 is 11.6 Å². The van der Waals surface area contributed by atoms with Crippen molar-refractivity contribution in [2.24, 2.45) is 0 Å². The van der Waals surface area contributed by atoms with Gasteiger partial charge in [-0.05, 0) is 30.7 Å². The zero-order valence-electron chi connectivity index (χ0n) is 17.9. The summed E-state index contributed by atoms with van der Waals surface area (Å²) in [5.74, 6) is -0.662. The van der Waals surface area contributed by atoms with E-state index < -0.39 is 28.3 Å². The number of nitro benzene ring substituents is 1. The molecule has 0 atom stereocenters. The highest BCUT2D eigenvalue weighted by atomic mass is 35.5. The zero-order chi connectivity index (χ0) is 25.0. The molecule has 13 heteroatoms. The standard InChI is InChI=1S/C21H18ClF3N4O5/c1-33-17-8-12(16(29(31)32)10-18(17)34-2)6-7-26-20(30)15-11-27-28(19(15)21(23,24)25)14-5-3-4-13(22)9-14/h3-5,8-11H,6-7H2,1-2H3,(H,26,30). The maximum absolute atomic E-state index is 13.8. The average Bonchev–Trinajstić information content (AvgIpc) is 3.24. The van der Waals surface area contributed by atoms with Crippen LogP contribution in [0, 0.1) is 10.1 Å². The van der Waals surface area contributed by atoms with Crippen molar-refractivity contribution in [3.05, 3.63) is 74.6 Å². The van der Waals surface area contributed by atoms with E-state index >= 15 is 0 Å². The first-order valence-electron chi connectivity index (χ1n) is 9.65. The Bertz CT molecular complexity index is 1230. The summed E-state index contributed by atoms with van der Waals surface area (Å²) in [6.45, 7) is -0.186. The van der Waals surface area contributed by atoms with Crippen LogP contribution < -0.4 is 14.8 Å². The molecule has 0 saturated carbocycles. The number of aromatic nitrogens is 2. The summed E-state index contributed by atoms with van der Waals surface area (Å²) in [5, 5.41) is 17.7. The van der Waals surface area contributed by atoms with E-state index in [1.807, 2.05) is 0 Å². The molecule has 0 saturated heterocycles. The fourth-order valence-corrected chi connectivity index (χ4v) is 3.46. The van der Waals surface area contributed by atoms with E-state index in [4.69, 9.17) is 21.1 Å². The number of hydrogen-bond acceptors (Lipinski definition) is 6. The number of halogens is 4. The van der Waals surface area contributed by atoms with E-state index in [2.05, 4.69) is 10.4 Å². The third-order valence-corrected chi connectivity index (χ3v) is 5.03. The van der Waals surface area contributed by atoms with E-state index in [1.54, 1.807) is 0 Å². The van der Waals surface area contributed by atoms with Gasteiger partial charge in [-0.15, -0.1) is 0 Å². The fraction of sp³-hybridized carbons (Fsp3) is 0.238. The molecule has 1 heterocycles. The highest BCUT2D eigenvalue weighted by molar-refractivity contribution is 6.30. The largest absolute Gasteiger partial charge is 0.493 e. The molecular formula is C21H18ClF3N4O5. The summed E-state index contributed by atoms with van der Waals surface area (Å²) in [4.78, 5) is 23.4. The van der Waals surface area contributed by atoms with Crippen molar-refractivity contribution in [1.82, 2.24) is 15.1 Å². The number of methoxy groups -OCH3 is 2. The topological polar surface area (TPSA) is 109 Å². The Balaban J connectivity index is 1.84. The van der Waals surface area contributed by atoms with Crippen molar-refractivity contribution >= 4 is 23.2 Å². The molecule has 34 heavy (non-hydrogen) atoms. The first kappa shape index (κ1) is 24.8. The van der Waals surface area contributed by atoms with Gasteiger partial charge < -0.3 is 14.8 Å². The van der Waals surface area contributed by atoms with Crippen LogP contribution in [0.15, 0.2) is 42.6 Å². The number of nitrogens with one attached hydrogen (secondary N) is 1. The Morgan fingerprint density at radius 1 is 1.21 bits per heavy atom. The number of alkyl halides is 3. The van der Waals surface area contributed by atoms with Gasteiger partial charge in [0, 0.05) is 17.1 Å². The molecule has 0 aliphatic rings. The molecular weight excluding hydrogens is 481 g/mol. The predicted molar refractivity (Wildman–Crippen MR) is 116 cm³/mol. The summed E-state index contributed by atoms with van der Waals surface area (Å²) in [5.41, 5.74) is -2.02. The van der Waals surface area contributed by atoms with Crippen LogP contribution in [0.4, 0.5) is 18.9 Å². The first-order chi connectivity index (χ1) is 16.1. The normalized spacial score (nSPS) is 11.2. The van der Waals surface area contributed by atoms with Crippen LogP contribution in [0.5, 0.6) is 11.5 Å². The summed E-state index contributed by atoms with van der Waals surface area (Å²) in [6, 6.07) is 8.14. The molecule has 0 unspecified atom stereocenters. The van der Waals surface area contributed by atoms with Crippen LogP contribution in [-0.4, -0.2) is 41.4 Å². The van der Waals surface area contributed by atoms with Crippen LogP contribution in [0.25, 0.3) is 5.69 Å². The first-order valence-corrected chi connectivity index (χ1v) is 10.0. The molecule has 0 fully saturated rings. The minimum atomic E-state index is -4.90. The van der Waals surface area contributed by atoms with Crippen molar-refractivity contribution in [3.63, 3.8) is 0 Å². The quantitative estimate of drug-likeness (QED) is 0.363. The molecule has 1 amide bonds. The van der Waals surface area contributed by atoms with Gasteiger partial charge in [-0.2, -0.15) is 18.3 Å². The summed E-state index contributed by atoms with van der Waals surface area (Å²) in [7, 11) is 2.68. The van der Waals surface area contributed by atoms with Crippen molar-refractivity contribution in [1.29, 1.82) is 0 Å². The number of nitrogens with zero attached hydrogens (tertiary/aromatic N) is 3. The van der Waals surface area contributed by atoms with Gasteiger partial charge in [0.25, 0.3) is 11.6 Å². The summed E-state index contributed by atoms with van der Waals surface area (Å²) < 4.78 is 52.2. The highest BCUT2D eigenvalue weighted by Crippen LogP contribution is 2.35. The van der Waals surface area contributed by atoms with Crippen molar-refractivity contribution in [2.45, 2.75) is 12.6 Å². The minimum Gasteiger partial charge on any atom is -0.493 e. The van der Waals surface area contributed by atoms with Gasteiger partial charge in [0.1, 0.15) is 0 Å². The van der Waals surface area contributed by atoms with E-state index in [0.29, 0.717) is 4.68 Å². The monoisotopic (exact) mass is 498 g/mol. The van der Waals surface area contributed by atoms with Crippen molar-refractivity contribution in [3.8, 4) is 17.2 Å². The second-order valence-electron chi connectivity index (χ2n) is 6.90. The number of carbonyl (C=O) groups excluding carboxylic acids is 1. The molecule has 9 nitrogen and oxygen atoms in total. The molecule has 0 spiro atoms. The van der Waals surface area contributed by atoms with Crippen LogP contribution in [0.3, 0.4) is 0 Å². The second-order valence-corrected chi connectivity index (χ2v) is 7.33. The van der Waals surface area contributed by atoms with Gasteiger partial charge in [-0.25, -0.2) is 4.68 Å². The number of ether oxygens (including phenoxy) is 2. The Morgan fingerprint density at radius 2 is 1.88 bits per heavy atom. The molecule has 3 aromatic rings. The fourth-order valence-electron chi connectivity index (χ4n) is 3.28. The Morgan fingerprint density at radius 3 is 2.47 bits per heavy atom. The average molecular weight is 499 g/mol. The Hall–Kier alpha value is -3.80. The molecule has 0 aliphatic heterocycles. The zero-order valence-corrected chi connectivity index (χ0v) is 18.6. The lowest BCUT2D eigenvalue weighted by Gasteiger charge is -2.13. The van der Waals surface area contributed by atoms with Gasteiger partial charge in [-0.3, -0.25) is 14.9 Å². The van der Waals surface area contributed by atoms with Gasteiger partial charge in [0.05, 0.1) is 42.7 Å². The number of carbonyl (C=O) groups is 1. The smallest absolute Gasteiger partial charge is 0.434 e. The Labute approximate surface area is 196 Å². The van der Waals surface area contributed by atoms with Crippen molar-refractivity contribution < 1.29 is 32.4 Å². The summed E-state index contributed by atoms with van der Waals surface area (Å²) in [6.07, 6.45) is -4.14. The van der Waals surface area contributed by atoms with Gasteiger partial charge >= 0.3 is 6.18 Å².